The highest BCUT2D eigenvalue weighted by atomic mass is 32.1. The van der Waals surface area contributed by atoms with Crippen molar-refractivity contribution in [3.05, 3.63) is 5.82 Å². The van der Waals surface area contributed by atoms with E-state index in [9.17, 15) is 0 Å². The maximum Gasteiger partial charge on any atom is 0.202 e. The molecule has 0 bridgehead atoms. The van der Waals surface area contributed by atoms with Crippen molar-refractivity contribution >= 4 is 16.7 Å². The van der Waals surface area contributed by atoms with Gasteiger partial charge in [0.25, 0.3) is 0 Å². The zero-order chi connectivity index (χ0) is 12.6. The molecule has 0 atom stereocenters. The van der Waals surface area contributed by atoms with Gasteiger partial charge in [0, 0.05) is 37.7 Å². The van der Waals surface area contributed by atoms with Gasteiger partial charge < -0.3 is 14.8 Å². The highest BCUT2D eigenvalue weighted by Gasteiger charge is 2.27. The number of anilines is 1. The van der Waals surface area contributed by atoms with Gasteiger partial charge in [0.15, 0.2) is 0 Å². The van der Waals surface area contributed by atoms with E-state index in [4.69, 9.17) is 9.47 Å². The minimum atomic E-state index is 0.644. The monoisotopic (exact) mass is 271 g/mol. The lowest BCUT2D eigenvalue weighted by Crippen LogP contribution is -2.06. The van der Waals surface area contributed by atoms with Crippen molar-refractivity contribution in [3.63, 3.8) is 0 Å². The molecule has 1 aromatic rings. The van der Waals surface area contributed by atoms with Crippen molar-refractivity contribution in [1.82, 2.24) is 9.36 Å². The summed E-state index contributed by atoms with van der Waals surface area (Å²) in [6, 6.07) is 0. The minimum absolute atomic E-state index is 0.644. The average Bonchev–Trinajstić information content (AvgIpc) is 3.13. The molecule has 2 rings (SSSR count). The van der Waals surface area contributed by atoms with Crippen molar-refractivity contribution in [2.75, 3.05) is 38.8 Å². The summed E-state index contributed by atoms with van der Waals surface area (Å²) in [6.07, 6.45) is 4.67. The lowest BCUT2D eigenvalue weighted by atomic mass is 10.3. The molecule has 0 radical (unpaired) electrons. The molecule has 0 aliphatic heterocycles. The Balaban J connectivity index is 1.47. The van der Waals surface area contributed by atoms with E-state index in [-0.39, 0.29) is 0 Å². The third-order valence-electron chi connectivity index (χ3n) is 2.81. The summed E-state index contributed by atoms with van der Waals surface area (Å²) in [6.45, 7) is 3.10. The van der Waals surface area contributed by atoms with E-state index in [0.29, 0.717) is 19.1 Å². The summed E-state index contributed by atoms with van der Waals surface area (Å²) in [7, 11) is 1.69. The van der Waals surface area contributed by atoms with E-state index >= 15 is 0 Å². The van der Waals surface area contributed by atoms with Gasteiger partial charge in [-0.05, 0) is 25.7 Å². The lowest BCUT2D eigenvalue weighted by Gasteiger charge is -2.04. The van der Waals surface area contributed by atoms with E-state index in [2.05, 4.69) is 14.7 Å². The van der Waals surface area contributed by atoms with Gasteiger partial charge in [0.2, 0.25) is 5.13 Å². The van der Waals surface area contributed by atoms with Crippen molar-refractivity contribution in [3.8, 4) is 0 Å². The normalized spacial score (nSPS) is 14.9. The van der Waals surface area contributed by atoms with E-state index in [1.165, 1.54) is 24.4 Å². The Morgan fingerprint density at radius 2 is 2.17 bits per heavy atom. The van der Waals surface area contributed by atoms with E-state index in [1.807, 2.05) is 0 Å². The standard InChI is InChI=1S/C12H21N3O2S/c1-16-8-9-17-7-3-2-6-13-12-14-11(15-18-12)10-4-5-10/h10H,2-9H2,1H3,(H,13,14,15). The highest BCUT2D eigenvalue weighted by Crippen LogP contribution is 2.39. The van der Waals surface area contributed by atoms with Crippen LogP contribution in [-0.4, -0.2) is 42.8 Å². The summed E-state index contributed by atoms with van der Waals surface area (Å²) >= 11 is 1.47. The van der Waals surface area contributed by atoms with Gasteiger partial charge in [-0.2, -0.15) is 4.37 Å². The van der Waals surface area contributed by atoms with Crippen LogP contribution in [0.5, 0.6) is 0 Å². The summed E-state index contributed by atoms with van der Waals surface area (Å²) in [5, 5.41) is 4.27. The summed E-state index contributed by atoms with van der Waals surface area (Å²) < 4.78 is 14.7. The van der Waals surface area contributed by atoms with Crippen molar-refractivity contribution < 1.29 is 9.47 Å². The second-order valence-electron chi connectivity index (χ2n) is 4.47. The second kappa shape index (κ2) is 7.66. The Morgan fingerprint density at radius 3 is 2.94 bits per heavy atom. The van der Waals surface area contributed by atoms with Gasteiger partial charge in [-0.15, -0.1) is 0 Å². The van der Waals surface area contributed by atoms with Gasteiger partial charge in [-0.25, -0.2) is 4.98 Å². The van der Waals surface area contributed by atoms with Gasteiger partial charge in [0.05, 0.1) is 13.2 Å². The number of ether oxygens (including phenoxy) is 2. The van der Waals surface area contributed by atoms with Gasteiger partial charge >= 0.3 is 0 Å². The first-order valence-electron chi connectivity index (χ1n) is 6.54. The Labute approximate surface area is 112 Å². The van der Waals surface area contributed by atoms with Crippen LogP contribution < -0.4 is 5.32 Å². The zero-order valence-electron chi connectivity index (χ0n) is 10.9. The Kier molecular flexibility index (Phi) is 5.83. The van der Waals surface area contributed by atoms with Gasteiger partial charge in [-0.3, -0.25) is 0 Å². The summed E-state index contributed by atoms with van der Waals surface area (Å²) in [5.74, 6) is 1.68. The first-order valence-corrected chi connectivity index (χ1v) is 7.31. The fourth-order valence-corrected chi connectivity index (χ4v) is 2.25. The molecule has 102 valence electrons. The molecule has 6 heteroatoms. The van der Waals surface area contributed by atoms with E-state index < -0.39 is 0 Å². The third kappa shape index (κ3) is 4.88. The van der Waals surface area contributed by atoms with Crippen LogP contribution in [0.4, 0.5) is 5.13 Å². The maximum atomic E-state index is 5.39. The van der Waals surface area contributed by atoms with Crippen LogP contribution in [0.3, 0.4) is 0 Å². The molecular formula is C12H21N3O2S. The van der Waals surface area contributed by atoms with Crippen LogP contribution in [-0.2, 0) is 9.47 Å². The third-order valence-corrected chi connectivity index (χ3v) is 3.49. The smallest absolute Gasteiger partial charge is 0.202 e. The van der Waals surface area contributed by atoms with Crippen LogP contribution in [0.2, 0.25) is 0 Å². The van der Waals surface area contributed by atoms with Crippen LogP contribution >= 0.6 is 11.5 Å². The first kappa shape index (κ1) is 13.7. The molecule has 1 N–H and O–H groups in total. The number of nitrogens with zero attached hydrogens (tertiary/aromatic N) is 2. The molecule has 1 aromatic heterocycles. The van der Waals surface area contributed by atoms with E-state index in [1.54, 1.807) is 7.11 Å². The molecule has 0 unspecified atom stereocenters. The quantitative estimate of drug-likeness (QED) is 0.662. The fraction of sp³-hybridized carbons (Fsp3) is 0.833. The Bertz CT molecular complexity index is 342. The van der Waals surface area contributed by atoms with Gasteiger partial charge in [0.1, 0.15) is 5.82 Å². The molecule has 18 heavy (non-hydrogen) atoms. The Morgan fingerprint density at radius 1 is 1.28 bits per heavy atom. The largest absolute Gasteiger partial charge is 0.382 e. The summed E-state index contributed by atoms with van der Waals surface area (Å²) in [4.78, 5) is 4.48. The average molecular weight is 271 g/mol. The van der Waals surface area contributed by atoms with Crippen LogP contribution in [0.25, 0.3) is 0 Å². The molecular weight excluding hydrogens is 250 g/mol. The molecule has 1 heterocycles. The fourth-order valence-electron chi connectivity index (χ4n) is 1.58. The molecule has 0 aromatic carbocycles. The van der Waals surface area contributed by atoms with Crippen LogP contribution in [0.15, 0.2) is 0 Å². The molecule has 0 saturated heterocycles. The van der Waals surface area contributed by atoms with Crippen molar-refractivity contribution in [1.29, 1.82) is 0 Å². The van der Waals surface area contributed by atoms with Crippen LogP contribution in [0.1, 0.15) is 37.4 Å². The number of methoxy groups -OCH3 is 1. The summed E-state index contributed by atoms with van der Waals surface area (Å²) in [5.41, 5.74) is 0. The van der Waals surface area contributed by atoms with Crippen LogP contribution in [0, 0.1) is 0 Å². The number of hydrogen-bond donors (Lipinski definition) is 1. The molecule has 1 fully saturated rings. The molecule has 1 saturated carbocycles. The van der Waals surface area contributed by atoms with Crippen molar-refractivity contribution in [2.24, 2.45) is 0 Å². The topological polar surface area (TPSA) is 56.3 Å². The zero-order valence-corrected chi connectivity index (χ0v) is 11.7. The Hall–Kier alpha value is -0.720. The molecule has 0 spiro atoms. The molecule has 1 aliphatic rings. The predicted molar refractivity (Wildman–Crippen MR) is 72.3 cm³/mol. The number of rotatable bonds is 10. The lowest BCUT2D eigenvalue weighted by molar-refractivity contribution is 0.0691. The van der Waals surface area contributed by atoms with Gasteiger partial charge in [-0.1, -0.05) is 0 Å². The number of aromatic nitrogens is 2. The van der Waals surface area contributed by atoms with E-state index in [0.717, 1.165) is 36.9 Å². The molecule has 5 nitrogen and oxygen atoms in total. The predicted octanol–water partition coefficient (Wildman–Crippen LogP) is 2.27. The number of nitrogens with one attached hydrogen (secondary N) is 1. The van der Waals surface area contributed by atoms with Crippen molar-refractivity contribution in [2.45, 2.75) is 31.6 Å². The molecule has 0 amide bonds. The number of unbranched alkanes of at least 4 members (excludes halogenated alkanes) is 1. The number of hydrogen-bond acceptors (Lipinski definition) is 6. The SMILES string of the molecule is COCCOCCCCNc1nc(C2CC2)ns1. The highest BCUT2D eigenvalue weighted by molar-refractivity contribution is 7.09. The maximum absolute atomic E-state index is 5.39. The minimum Gasteiger partial charge on any atom is -0.382 e. The first-order chi connectivity index (χ1) is 8.90. The molecule has 1 aliphatic carbocycles. The second-order valence-corrected chi connectivity index (χ2v) is 5.22.